The molecule has 1 amide bonds. The molecule has 2 aliphatic carbocycles. The number of sulfonamides is 1. The molecule has 0 spiro atoms. The number of aromatic nitrogens is 7. The highest BCUT2D eigenvalue weighted by Gasteiger charge is 2.37. The van der Waals surface area contributed by atoms with Gasteiger partial charge >= 0.3 is 0 Å². The zero-order chi connectivity index (χ0) is 39.5. The number of rotatable bonds is 14. The Hall–Kier alpha value is -5.56. The van der Waals surface area contributed by atoms with E-state index in [1.807, 2.05) is 6.07 Å². The lowest BCUT2D eigenvalue weighted by atomic mass is 10.0. The fourth-order valence-corrected chi connectivity index (χ4v) is 8.22. The topological polar surface area (TPSA) is 168 Å². The minimum atomic E-state index is -3.98. The molecule has 14 nitrogen and oxygen atoms in total. The molecule has 2 N–H and O–H groups in total. The molecule has 292 valence electrons. The normalized spacial score (nSPS) is 15.1. The number of amides is 1. The van der Waals surface area contributed by atoms with E-state index in [2.05, 4.69) is 25.2 Å². The standard InChI is InChI=1S/C36H32ClF4N9O5S/c1-55-30-9-6-23-33(43-30)44-35(26(14-18-12-20(38)15-21(39)13-18)42-29(51)17-48-11-10-25(45-48)19-2-3-19)50(36(23)52)27-8-7-24(37)31-32(27)49(16-28(40)41)46-34(31)47-56(53,54)22-4-5-22/h6-13,15,19,22,26,28H,2-5,14,16-17H2,1H3,(H,42,51)(H,46,47)/t26-/m0/s1. The van der Waals surface area contributed by atoms with Crippen molar-refractivity contribution in [1.29, 1.82) is 0 Å². The summed E-state index contributed by atoms with van der Waals surface area (Å²) in [5.74, 6) is -2.58. The SMILES string of the molecule is COc1ccc2c(=O)n(-c3ccc(Cl)c4c(NS(=O)(=O)C5CC5)nn(CC(F)F)c34)c([C@H](Cc3cc(F)cc(F)c3)NC(=O)Cn3ccc(C4CC4)n3)nc2n1. The van der Waals surface area contributed by atoms with Gasteiger partial charge < -0.3 is 10.1 Å². The molecule has 4 heterocycles. The molecule has 0 radical (unpaired) electrons. The van der Waals surface area contributed by atoms with Crippen molar-refractivity contribution in [2.75, 3.05) is 11.8 Å². The fraction of sp³-hybridized carbons (Fsp3) is 0.333. The van der Waals surface area contributed by atoms with Crippen molar-refractivity contribution in [1.82, 2.24) is 39.4 Å². The number of benzene rings is 2. The molecular weight excluding hydrogens is 782 g/mol. The van der Waals surface area contributed by atoms with Gasteiger partial charge in [-0.3, -0.25) is 28.2 Å². The third-order valence-corrected chi connectivity index (χ3v) is 11.6. The average molecular weight is 814 g/mol. The zero-order valence-corrected chi connectivity index (χ0v) is 31.0. The summed E-state index contributed by atoms with van der Waals surface area (Å²) in [6, 6.07) is 8.73. The van der Waals surface area contributed by atoms with Crippen LogP contribution in [0, 0.1) is 11.6 Å². The van der Waals surface area contributed by atoms with Gasteiger partial charge in [0.1, 0.15) is 30.5 Å². The molecule has 4 aromatic heterocycles. The highest BCUT2D eigenvalue weighted by atomic mass is 35.5. The van der Waals surface area contributed by atoms with E-state index in [1.54, 1.807) is 6.20 Å². The Balaban J connectivity index is 1.35. The molecule has 2 aromatic carbocycles. The Morgan fingerprint density at radius 1 is 1.02 bits per heavy atom. The summed E-state index contributed by atoms with van der Waals surface area (Å²) in [4.78, 5) is 37.6. The quantitative estimate of drug-likeness (QED) is 0.137. The van der Waals surface area contributed by atoms with E-state index in [0.717, 1.165) is 39.9 Å². The van der Waals surface area contributed by atoms with Crippen LogP contribution < -0.4 is 20.3 Å². The minimum Gasteiger partial charge on any atom is -0.481 e. The van der Waals surface area contributed by atoms with Crippen LogP contribution in [0.4, 0.5) is 23.4 Å². The van der Waals surface area contributed by atoms with Gasteiger partial charge in [-0.15, -0.1) is 0 Å². The predicted octanol–water partition coefficient (Wildman–Crippen LogP) is 5.41. The van der Waals surface area contributed by atoms with Crippen molar-refractivity contribution in [3.63, 3.8) is 0 Å². The van der Waals surface area contributed by atoms with Gasteiger partial charge in [-0.2, -0.15) is 15.2 Å². The van der Waals surface area contributed by atoms with Crippen molar-refractivity contribution >= 4 is 55.3 Å². The number of nitrogens with zero attached hydrogens (tertiary/aromatic N) is 7. The number of carbonyl (C=O) groups excluding carboxylic acids is 1. The van der Waals surface area contributed by atoms with E-state index >= 15 is 0 Å². The molecule has 8 rings (SSSR count). The smallest absolute Gasteiger partial charge is 0.267 e. The van der Waals surface area contributed by atoms with Crippen molar-refractivity contribution in [3.8, 4) is 11.6 Å². The summed E-state index contributed by atoms with van der Waals surface area (Å²) in [6.45, 7) is -1.31. The number of nitrogens with one attached hydrogen (secondary N) is 2. The maximum absolute atomic E-state index is 14.7. The third-order valence-electron chi connectivity index (χ3n) is 9.49. The zero-order valence-electron chi connectivity index (χ0n) is 29.4. The van der Waals surface area contributed by atoms with Crippen LogP contribution in [0.1, 0.15) is 54.7 Å². The van der Waals surface area contributed by atoms with Crippen LogP contribution in [0.2, 0.25) is 5.02 Å². The lowest BCUT2D eigenvalue weighted by molar-refractivity contribution is -0.122. The number of methoxy groups -OCH3 is 1. The maximum Gasteiger partial charge on any atom is 0.267 e. The van der Waals surface area contributed by atoms with E-state index in [9.17, 15) is 35.6 Å². The molecule has 2 saturated carbocycles. The second-order valence-electron chi connectivity index (χ2n) is 13.7. The number of halogens is 5. The Bertz CT molecular complexity index is 2680. The van der Waals surface area contributed by atoms with Crippen molar-refractivity contribution in [2.45, 2.75) is 68.8 Å². The molecule has 20 heteroatoms. The predicted molar refractivity (Wildman–Crippen MR) is 197 cm³/mol. The summed E-state index contributed by atoms with van der Waals surface area (Å²) in [6.07, 6.45) is 1.10. The van der Waals surface area contributed by atoms with Gasteiger partial charge in [0.25, 0.3) is 12.0 Å². The molecule has 56 heavy (non-hydrogen) atoms. The summed E-state index contributed by atoms with van der Waals surface area (Å²) in [7, 11) is -2.62. The summed E-state index contributed by atoms with van der Waals surface area (Å²) >= 11 is 6.64. The average Bonchev–Trinajstić information content (AvgIpc) is 4.08. The van der Waals surface area contributed by atoms with Gasteiger partial charge in [-0.05, 0) is 67.6 Å². The molecule has 1 atom stereocenters. The number of fused-ring (bicyclic) bond motifs is 2. The number of ether oxygens (including phenoxy) is 1. The van der Waals surface area contributed by atoms with Gasteiger partial charge in [0, 0.05) is 30.7 Å². The van der Waals surface area contributed by atoms with Gasteiger partial charge in [0.2, 0.25) is 21.8 Å². The first kappa shape index (κ1) is 37.4. The first-order valence-electron chi connectivity index (χ1n) is 17.5. The molecule has 0 saturated heterocycles. The second-order valence-corrected chi connectivity index (χ2v) is 16.1. The first-order valence-corrected chi connectivity index (χ1v) is 19.4. The van der Waals surface area contributed by atoms with Crippen LogP contribution in [0.3, 0.4) is 0 Å². The molecule has 2 aliphatic rings. The van der Waals surface area contributed by atoms with Gasteiger partial charge in [-0.1, -0.05) is 11.6 Å². The largest absolute Gasteiger partial charge is 0.481 e. The lowest BCUT2D eigenvalue weighted by Gasteiger charge is -2.24. The molecule has 0 unspecified atom stereocenters. The minimum absolute atomic E-state index is 0.0572. The van der Waals surface area contributed by atoms with Crippen molar-refractivity contribution < 1.29 is 35.5 Å². The Morgan fingerprint density at radius 3 is 2.45 bits per heavy atom. The van der Waals surface area contributed by atoms with Crippen LogP contribution in [-0.2, 0) is 34.3 Å². The lowest BCUT2D eigenvalue weighted by Crippen LogP contribution is -2.37. The summed E-state index contributed by atoms with van der Waals surface area (Å²) in [5, 5.41) is 10.6. The number of carbonyl (C=O) groups is 1. The second kappa shape index (κ2) is 14.5. The first-order chi connectivity index (χ1) is 26.8. The van der Waals surface area contributed by atoms with E-state index < -0.39 is 57.4 Å². The van der Waals surface area contributed by atoms with Crippen LogP contribution in [-0.4, -0.2) is 67.2 Å². The number of pyridine rings is 1. The van der Waals surface area contributed by atoms with Crippen LogP contribution in [0.5, 0.6) is 5.88 Å². The number of alkyl halides is 2. The molecule has 0 bridgehead atoms. The Labute approximate surface area is 320 Å². The fourth-order valence-electron chi connectivity index (χ4n) is 6.64. The Morgan fingerprint density at radius 2 is 1.77 bits per heavy atom. The van der Waals surface area contributed by atoms with Gasteiger partial charge in [0.15, 0.2) is 11.5 Å². The van der Waals surface area contributed by atoms with Crippen LogP contribution in [0.15, 0.2) is 59.5 Å². The highest BCUT2D eigenvalue weighted by Crippen LogP contribution is 2.39. The van der Waals surface area contributed by atoms with Crippen LogP contribution >= 0.6 is 11.6 Å². The highest BCUT2D eigenvalue weighted by molar-refractivity contribution is 7.93. The maximum atomic E-state index is 14.7. The van der Waals surface area contributed by atoms with Gasteiger partial charge in [-0.25, -0.2) is 31.0 Å². The summed E-state index contributed by atoms with van der Waals surface area (Å²) in [5.41, 5.74) is -0.298. The van der Waals surface area contributed by atoms with E-state index in [4.69, 9.17) is 21.3 Å². The third kappa shape index (κ3) is 7.52. The number of anilines is 1. The molecule has 0 aliphatic heterocycles. The summed E-state index contributed by atoms with van der Waals surface area (Å²) < 4.78 is 94.6. The molecular formula is C36H32ClF4N9O5S. The van der Waals surface area contributed by atoms with Gasteiger partial charge in [0.05, 0.1) is 51.1 Å². The van der Waals surface area contributed by atoms with Crippen molar-refractivity contribution in [3.05, 3.63) is 98.8 Å². The van der Waals surface area contributed by atoms with E-state index in [0.29, 0.717) is 24.8 Å². The number of hydrogen-bond donors (Lipinski definition) is 2. The van der Waals surface area contributed by atoms with Crippen molar-refractivity contribution in [2.24, 2.45) is 0 Å². The van der Waals surface area contributed by atoms with Crippen LogP contribution in [0.25, 0.3) is 27.6 Å². The van der Waals surface area contributed by atoms with E-state index in [-0.39, 0.29) is 68.7 Å². The Kier molecular flexibility index (Phi) is 9.68. The van der Waals surface area contributed by atoms with E-state index in [1.165, 1.54) is 36.1 Å². The number of hydrogen-bond acceptors (Lipinski definition) is 9. The monoisotopic (exact) mass is 813 g/mol. The molecule has 2 fully saturated rings. The molecule has 6 aromatic rings.